The Labute approximate surface area is 127 Å². The highest BCUT2D eigenvalue weighted by atomic mass is 16.5. The van der Waals surface area contributed by atoms with Gasteiger partial charge in [0.15, 0.2) is 0 Å². The third kappa shape index (κ3) is 3.57. The van der Waals surface area contributed by atoms with Crippen molar-refractivity contribution >= 4 is 11.8 Å². The maximum atomic E-state index is 12.5. The topological polar surface area (TPSA) is 58.6 Å². The minimum Gasteiger partial charge on any atom is -0.384 e. The summed E-state index contributed by atoms with van der Waals surface area (Å²) >= 11 is 0. The second-order valence-electron chi connectivity index (χ2n) is 6.83. The summed E-state index contributed by atoms with van der Waals surface area (Å²) in [5.41, 5.74) is -0.312. The Morgan fingerprint density at radius 1 is 1.24 bits per heavy atom. The molecule has 0 radical (unpaired) electrons. The summed E-state index contributed by atoms with van der Waals surface area (Å²) in [6.07, 6.45) is 6.62. The number of carbonyl (C=O) groups excluding carboxylic acids is 2. The predicted octanol–water partition coefficient (Wildman–Crippen LogP) is 1.57. The van der Waals surface area contributed by atoms with Crippen molar-refractivity contribution < 1.29 is 14.3 Å². The van der Waals surface area contributed by atoms with Gasteiger partial charge in [0.2, 0.25) is 11.8 Å². The molecule has 0 aromatic carbocycles. The fourth-order valence-electron chi connectivity index (χ4n) is 3.57. The number of nitrogens with one attached hydrogen (secondary N) is 1. The smallest absolute Gasteiger partial charge is 0.228 e. The summed E-state index contributed by atoms with van der Waals surface area (Å²) in [5.74, 6) is 0.363. The Bertz CT molecular complexity index is 391. The standard InChI is InChI=1S/C16H28N2O3/c1-18(2)14(19)12-6-4-7-13(10-12)17-15(20)16(11-21-3)8-5-9-16/h12-13H,4-11H2,1-3H3,(H,17,20)/t12-,13-/m0/s1. The lowest BCUT2D eigenvalue weighted by atomic mass is 9.68. The van der Waals surface area contributed by atoms with Crippen molar-refractivity contribution in [2.75, 3.05) is 27.8 Å². The molecule has 2 atom stereocenters. The van der Waals surface area contributed by atoms with Gasteiger partial charge in [-0.1, -0.05) is 12.8 Å². The van der Waals surface area contributed by atoms with Crippen LogP contribution in [-0.4, -0.2) is 50.6 Å². The van der Waals surface area contributed by atoms with Crippen LogP contribution in [0.2, 0.25) is 0 Å². The molecule has 0 bridgehead atoms. The molecule has 0 saturated heterocycles. The highest BCUT2D eigenvalue weighted by Crippen LogP contribution is 2.41. The second-order valence-corrected chi connectivity index (χ2v) is 6.83. The molecule has 2 aliphatic rings. The molecule has 0 aromatic heterocycles. The Kier molecular flexibility index (Phi) is 5.25. The highest BCUT2D eigenvalue weighted by molar-refractivity contribution is 5.84. The zero-order chi connectivity index (χ0) is 15.5. The maximum Gasteiger partial charge on any atom is 0.228 e. The molecule has 5 nitrogen and oxygen atoms in total. The van der Waals surface area contributed by atoms with E-state index in [1.807, 2.05) is 0 Å². The molecule has 21 heavy (non-hydrogen) atoms. The van der Waals surface area contributed by atoms with Crippen molar-refractivity contribution in [1.29, 1.82) is 0 Å². The molecule has 0 spiro atoms. The molecular formula is C16H28N2O3. The molecule has 2 aliphatic carbocycles. The van der Waals surface area contributed by atoms with E-state index in [0.29, 0.717) is 6.61 Å². The number of rotatable bonds is 5. The molecule has 2 saturated carbocycles. The number of hydrogen-bond donors (Lipinski definition) is 1. The summed E-state index contributed by atoms with van der Waals surface area (Å²) in [6.45, 7) is 0.506. The van der Waals surface area contributed by atoms with Crippen LogP contribution in [0.1, 0.15) is 44.9 Å². The summed E-state index contributed by atoms with van der Waals surface area (Å²) in [4.78, 5) is 26.3. The third-order valence-electron chi connectivity index (χ3n) is 5.01. The summed E-state index contributed by atoms with van der Waals surface area (Å²) in [7, 11) is 5.25. The molecule has 0 unspecified atom stereocenters. The Morgan fingerprint density at radius 3 is 2.48 bits per heavy atom. The molecule has 2 rings (SSSR count). The first kappa shape index (κ1) is 16.3. The highest BCUT2D eigenvalue weighted by Gasteiger charge is 2.45. The fraction of sp³-hybridized carbons (Fsp3) is 0.875. The van der Waals surface area contributed by atoms with E-state index in [-0.39, 0.29) is 29.2 Å². The molecule has 2 fully saturated rings. The maximum absolute atomic E-state index is 12.5. The first-order valence-electron chi connectivity index (χ1n) is 7.99. The average Bonchev–Trinajstić information content (AvgIpc) is 2.42. The Morgan fingerprint density at radius 2 is 1.95 bits per heavy atom. The largest absolute Gasteiger partial charge is 0.384 e. The van der Waals surface area contributed by atoms with Crippen LogP contribution < -0.4 is 5.32 Å². The number of nitrogens with zero attached hydrogens (tertiary/aromatic N) is 1. The van der Waals surface area contributed by atoms with Crippen LogP contribution in [0.3, 0.4) is 0 Å². The number of hydrogen-bond acceptors (Lipinski definition) is 3. The number of carbonyl (C=O) groups is 2. The molecular weight excluding hydrogens is 268 g/mol. The molecule has 0 heterocycles. The molecule has 0 aliphatic heterocycles. The minimum atomic E-state index is -0.312. The zero-order valence-corrected chi connectivity index (χ0v) is 13.5. The van der Waals surface area contributed by atoms with Crippen LogP contribution in [-0.2, 0) is 14.3 Å². The van der Waals surface area contributed by atoms with E-state index < -0.39 is 0 Å². The average molecular weight is 296 g/mol. The van der Waals surface area contributed by atoms with Gasteiger partial charge in [0.05, 0.1) is 12.0 Å². The van der Waals surface area contributed by atoms with Gasteiger partial charge < -0.3 is 15.0 Å². The number of amides is 2. The number of methoxy groups -OCH3 is 1. The van der Waals surface area contributed by atoms with Gasteiger partial charge in [-0.3, -0.25) is 9.59 Å². The van der Waals surface area contributed by atoms with Gasteiger partial charge in [0.25, 0.3) is 0 Å². The van der Waals surface area contributed by atoms with Crippen LogP contribution in [0.4, 0.5) is 0 Å². The van der Waals surface area contributed by atoms with Gasteiger partial charge in [-0.05, 0) is 32.1 Å². The van der Waals surface area contributed by atoms with E-state index in [1.165, 1.54) is 0 Å². The van der Waals surface area contributed by atoms with E-state index >= 15 is 0 Å². The Hall–Kier alpha value is -1.10. The van der Waals surface area contributed by atoms with Gasteiger partial charge in [-0.2, -0.15) is 0 Å². The number of ether oxygens (including phenoxy) is 1. The molecule has 1 N–H and O–H groups in total. The van der Waals surface area contributed by atoms with Crippen molar-refractivity contribution in [1.82, 2.24) is 10.2 Å². The van der Waals surface area contributed by atoms with E-state index in [1.54, 1.807) is 26.1 Å². The van der Waals surface area contributed by atoms with Crippen molar-refractivity contribution in [2.45, 2.75) is 51.0 Å². The molecule has 120 valence electrons. The van der Waals surface area contributed by atoms with Crippen LogP contribution in [0.5, 0.6) is 0 Å². The summed E-state index contributed by atoms with van der Waals surface area (Å²) in [5, 5.41) is 3.18. The van der Waals surface area contributed by atoms with Gasteiger partial charge in [-0.25, -0.2) is 0 Å². The van der Waals surface area contributed by atoms with Crippen LogP contribution in [0.15, 0.2) is 0 Å². The van der Waals surface area contributed by atoms with Crippen molar-refractivity contribution in [3.8, 4) is 0 Å². The lowest BCUT2D eigenvalue weighted by Crippen LogP contribution is -2.52. The first-order valence-corrected chi connectivity index (χ1v) is 7.99. The SMILES string of the molecule is COCC1(C(=O)N[C@H]2CCC[C@H](C(=O)N(C)C)C2)CCC1. The van der Waals surface area contributed by atoms with Crippen LogP contribution in [0, 0.1) is 11.3 Å². The first-order chi connectivity index (χ1) is 9.98. The monoisotopic (exact) mass is 296 g/mol. The molecule has 5 heteroatoms. The molecule has 0 aromatic rings. The van der Waals surface area contributed by atoms with Gasteiger partial charge in [-0.15, -0.1) is 0 Å². The Balaban J connectivity index is 1.90. The summed E-state index contributed by atoms with van der Waals surface area (Å²) < 4.78 is 5.23. The van der Waals surface area contributed by atoms with E-state index in [9.17, 15) is 9.59 Å². The fourth-order valence-corrected chi connectivity index (χ4v) is 3.57. The van der Waals surface area contributed by atoms with Crippen molar-refractivity contribution in [2.24, 2.45) is 11.3 Å². The van der Waals surface area contributed by atoms with Crippen molar-refractivity contribution in [3.05, 3.63) is 0 Å². The van der Waals surface area contributed by atoms with E-state index in [4.69, 9.17) is 4.74 Å². The predicted molar refractivity (Wildman–Crippen MR) is 80.7 cm³/mol. The lowest BCUT2D eigenvalue weighted by molar-refractivity contribution is -0.142. The van der Waals surface area contributed by atoms with Gasteiger partial charge in [0.1, 0.15) is 0 Å². The third-order valence-corrected chi connectivity index (χ3v) is 5.01. The van der Waals surface area contributed by atoms with E-state index in [2.05, 4.69) is 5.32 Å². The second kappa shape index (κ2) is 6.77. The quantitative estimate of drug-likeness (QED) is 0.837. The molecule has 2 amide bonds. The minimum absolute atomic E-state index is 0.0545. The van der Waals surface area contributed by atoms with Crippen molar-refractivity contribution in [3.63, 3.8) is 0 Å². The van der Waals surface area contributed by atoms with Gasteiger partial charge >= 0.3 is 0 Å². The van der Waals surface area contributed by atoms with Crippen LogP contribution >= 0.6 is 0 Å². The summed E-state index contributed by atoms with van der Waals surface area (Å²) in [6, 6.07) is 0.134. The van der Waals surface area contributed by atoms with Crippen LogP contribution in [0.25, 0.3) is 0 Å². The van der Waals surface area contributed by atoms with E-state index in [0.717, 1.165) is 44.9 Å². The lowest BCUT2D eigenvalue weighted by Gasteiger charge is -2.41. The zero-order valence-electron chi connectivity index (χ0n) is 13.5. The normalized spacial score (nSPS) is 27.6. The van der Waals surface area contributed by atoms with Gasteiger partial charge in [0, 0.05) is 33.2 Å².